The third-order valence-electron chi connectivity index (χ3n) is 3.92. The molecule has 1 aliphatic rings. The Morgan fingerprint density at radius 3 is 2.57 bits per heavy atom. The van der Waals surface area contributed by atoms with Gasteiger partial charge in [0.15, 0.2) is 5.79 Å². The first-order valence-electron chi connectivity index (χ1n) is 8.01. The van der Waals surface area contributed by atoms with Crippen LogP contribution >= 0.6 is 0 Å². The maximum absolute atomic E-state index is 12.6. The standard InChI is InChI=1S/C17H28N2O3S/c1-12(13-9-7-8-10-18-13)15(19-23(20)16(2,3)4)14-11-21-17(5,6)22-14/h7-10,12,14-15,19H,11H2,1-6H3/t12?,14-,15-,23?/m1/s1. The normalized spacial score (nSPS) is 25.0. The number of ether oxygens (including phenoxy) is 2. The van der Waals surface area contributed by atoms with E-state index in [4.69, 9.17) is 9.47 Å². The Morgan fingerprint density at radius 2 is 2.09 bits per heavy atom. The summed E-state index contributed by atoms with van der Waals surface area (Å²) in [7, 11) is -1.20. The fourth-order valence-corrected chi connectivity index (χ4v) is 3.48. The Morgan fingerprint density at radius 1 is 1.39 bits per heavy atom. The van der Waals surface area contributed by atoms with Crippen LogP contribution in [-0.2, 0) is 20.5 Å². The van der Waals surface area contributed by atoms with Crippen molar-refractivity contribution in [2.75, 3.05) is 6.61 Å². The minimum absolute atomic E-state index is 0.0463. The van der Waals surface area contributed by atoms with Gasteiger partial charge in [0.1, 0.15) is 6.10 Å². The highest BCUT2D eigenvalue weighted by atomic mass is 32.2. The topological polar surface area (TPSA) is 60.5 Å². The lowest BCUT2D eigenvalue weighted by atomic mass is 9.94. The van der Waals surface area contributed by atoms with Crippen LogP contribution < -0.4 is 4.72 Å². The van der Waals surface area contributed by atoms with E-state index in [1.807, 2.05) is 52.8 Å². The molecule has 0 saturated carbocycles. The van der Waals surface area contributed by atoms with Crippen LogP contribution in [0.5, 0.6) is 0 Å². The van der Waals surface area contributed by atoms with Crippen LogP contribution in [0.15, 0.2) is 24.4 Å². The molecule has 0 aliphatic carbocycles. The lowest BCUT2D eigenvalue weighted by Crippen LogP contribution is -2.49. The summed E-state index contributed by atoms with van der Waals surface area (Å²) in [4.78, 5) is 4.44. The molecule has 2 unspecified atom stereocenters. The van der Waals surface area contributed by atoms with Crippen LogP contribution in [0.2, 0.25) is 0 Å². The fraction of sp³-hybridized carbons (Fsp3) is 0.706. The molecule has 2 rings (SSSR count). The molecule has 130 valence electrons. The van der Waals surface area contributed by atoms with E-state index in [0.29, 0.717) is 6.61 Å². The molecule has 2 heterocycles. The van der Waals surface area contributed by atoms with Crippen molar-refractivity contribution in [3.63, 3.8) is 0 Å². The largest absolute Gasteiger partial charge is 0.348 e. The number of rotatable bonds is 5. The van der Waals surface area contributed by atoms with Gasteiger partial charge in [-0.05, 0) is 46.8 Å². The smallest absolute Gasteiger partial charge is 0.163 e. The van der Waals surface area contributed by atoms with Gasteiger partial charge in [-0.3, -0.25) is 4.98 Å². The first kappa shape index (κ1) is 18.5. The van der Waals surface area contributed by atoms with E-state index in [1.54, 1.807) is 6.20 Å². The maximum atomic E-state index is 12.6. The molecule has 1 fully saturated rings. The predicted molar refractivity (Wildman–Crippen MR) is 92.4 cm³/mol. The molecule has 5 nitrogen and oxygen atoms in total. The molecule has 1 aromatic heterocycles. The zero-order valence-corrected chi connectivity index (χ0v) is 15.6. The van der Waals surface area contributed by atoms with Gasteiger partial charge in [-0.2, -0.15) is 0 Å². The second-order valence-electron chi connectivity index (χ2n) is 7.44. The average molecular weight is 340 g/mol. The van der Waals surface area contributed by atoms with Gasteiger partial charge >= 0.3 is 0 Å². The summed E-state index contributed by atoms with van der Waals surface area (Å²) in [5.41, 5.74) is 0.948. The SMILES string of the molecule is CC(c1ccccn1)[C@@H](NS(=O)C(C)(C)C)[C@H]1COC(C)(C)O1. The highest BCUT2D eigenvalue weighted by Crippen LogP contribution is 2.30. The average Bonchev–Trinajstić information content (AvgIpc) is 2.83. The predicted octanol–water partition coefficient (Wildman–Crippen LogP) is 2.76. The van der Waals surface area contributed by atoms with Crippen LogP contribution in [0.25, 0.3) is 0 Å². The number of nitrogens with one attached hydrogen (secondary N) is 1. The number of aromatic nitrogens is 1. The van der Waals surface area contributed by atoms with Crippen molar-refractivity contribution in [3.05, 3.63) is 30.1 Å². The monoisotopic (exact) mass is 340 g/mol. The van der Waals surface area contributed by atoms with Gasteiger partial charge in [0.25, 0.3) is 0 Å². The molecule has 4 atom stereocenters. The van der Waals surface area contributed by atoms with Crippen LogP contribution in [0, 0.1) is 0 Å². The van der Waals surface area contributed by atoms with Crippen molar-refractivity contribution in [1.29, 1.82) is 0 Å². The lowest BCUT2D eigenvalue weighted by molar-refractivity contribution is -0.141. The van der Waals surface area contributed by atoms with Crippen LogP contribution in [0.1, 0.15) is 53.2 Å². The first-order chi connectivity index (χ1) is 10.6. The van der Waals surface area contributed by atoms with E-state index in [1.165, 1.54) is 0 Å². The number of pyridine rings is 1. The molecular weight excluding hydrogens is 312 g/mol. The molecule has 1 aromatic rings. The van der Waals surface area contributed by atoms with Crippen molar-refractivity contribution in [2.45, 2.75) is 70.1 Å². The van der Waals surface area contributed by atoms with Gasteiger partial charge in [0.2, 0.25) is 0 Å². The quantitative estimate of drug-likeness (QED) is 0.895. The Labute approximate surface area is 141 Å². The third kappa shape index (κ3) is 4.83. The molecule has 0 bridgehead atoms. The minimum Gasteiger partial charge on any atom is -0.348 e. The Kier molecular flexibility index (Phi) is 5.61. The summed E-state index contributed by atoms with van der Waals surface area (Å²) in [6.45, 7) is 12.2. The molecule has 1 N–H and O–H groups in total. The molecule has 23 heavy (non-hydrogen) atoms. The molecule has 0 radical (unpaired) electrons. The highest BCUT2D eigenvalue weighted by Gasteiger charge is 2.41. The first-order valence-corrected chi connectivity index (χ1v) is 9.16. The summed E-state index contributed by atoms with van der Waals surface area (Å²) in [5, 5.41) is 0. The van der Waals surface area contributed by atoms with E-state index < -0.39 is 16.8 Å². The summed E-state index contributed by atoms with van der Waals surface area (Å²) in [6, 6.07) is 5.70. The highest BCUT2D eigenvalue weighted by molar-refractivity contribution is 7.84. The summed E-state index contributed by atoms with van der Waals surface area (Å²) in [5.74, 6) is -0.567. The van der Waals surface area contributed by atoms with E-state index in [9.17, 15) is 4.21 Å². The van der Waals surface area contributed by atoms with Gasteiger partial charge in [-0.25, -0.2) is 8.93 Å². The fourth-order valence-electron chi connectivity index (χ4n) is 2.52. The van der Waals surface area contributed by atoms with Gasteiger partial charge < -0.3 is 9.47 Å². The Hall–Kier alpha value is -0.820. The zero-order valence-electron chi connectivity index (χ0n) is 14.8. The third-order valence-corrected chi connectivity index (χ3v) is 5.52. The van der Waals surface area contributed by atoms with Gasteiger partial charge in [-0.15, -0.1) is 0 Å². The van der Waals surface area contributed by atoms with Crippen molar-refractivity contribution in [2.24, 2.45) is 0 Å². The number of nitrogens with zero attached hydrogens (tertiary/aromatic N) is 1. The summed E-state index contributed by atoms with van der Waals surface area (Å²) < 4.78 is 27.2. The molecular formula is C17H28N2O3S. The summed E-state index contributed by atoms with van der Waals surface area (Å²) in [6.07, 6.45) is 1.60. The molecule has 0 amide bonds. The van der Waals surface area contributed by atoms with Crippen LogP contribution in [0.3, 0.4) is 0 Å². The van der Waals surface area contributed by atoms with E-state index in [-0.39, 0.29) is 22.8 Å². The lowest BCUT2D eigenvalue weighted by Gasteiger charge is -2.32. The van der Waals surface area contributed by atoms with Crippen molar-refractivity contribution in [3.8, 4) is 0 Å². The number of hydrogen-bond donors (Lipinski definition) is 1. The second-order valence-corrected chi connectivity index (χ2v) is 9.43. The maximum Gasteiger partial charge on any atom is 0.163 e. The Bertz CT molecular complexity index is 543. The summed E-state index contributed by atoms with van der Waals surface area (Å²) >= 11 is 0. The zero-order chi connectivity index (χ0) is 17.3. The van der Waals surface area contributed by atoms with Crippen LogP contribution in [0.4, 0.5) is 0 Å². The second kappa shape index (κ2) is 6.97. The van der Waals surface area contributed by atoms with E-state index >= 15 is 0 Å². The minimum atomic E-state index is -1.20. The molecule has 1 saturated heterocycles. The van der Waals surface area contributed by atoms with Gasteiger partial charge in [0.05, 0.1) is 28.4 Å². The van der Waals surface area contributed by atoms with Crippen molar-refractivity contribution in [1.82, 2.24) is 9.71 Å². The van der Waals surface area contributed by atoms with Gasteiger partial charge in [-0.1, -0.05) is 13.0 Å². The van der Waals surface area contributed by atoms with Crippen molar-refractivity contribution < 1.29 is 13.7 Å². The van der Waals surface area contributed by atoms with Crippen LogP contribution in [-0.4, -0.2) is 38.5 Å². The van der Waals surface area contributed by atoms with Crippen molar-refractivity contribution >= 4 is 11.0 Å². The Balaban J connectivity index is 2.23. The van der Waals surface area contributed by atoms with E-state index in [2.05, 4.69) is 16.6 Å². The van der Waals surface area contributed by atoms with Gasteiger partial charge in [0, 0.05) is 17.8 Å². The molecule has 0 aromatic carbocycles. The number of hydrogen-bond acceptors (Lipinski definition) is 4. The van der Waals surface area contributed by atoms with E-state index in [0.717, 1.165) is 5.69 Å². The molecule has 6 heteroatoms. The molecule has 0 spiro atoms. The molecule has 1 aliphatic heterocycles.